The van der Waals surface area contributed by atoms with Gasteiger partial charge in [-0.25, -0.2) is 0 Å². The summed E-state index contributed by atoms with van der Waals surface area (Å²) in [4.78, 5) is 21.8. The van der Waals surface area contributed by atoms with Crippen molar-refractivity contribution >= 4 is 11.9 Å². The molecule has 1 aliphatic rings. The van der Waals surface area contributed by atoms with Crippen LogP contribution in [0.25, 0.3) is 0 Å². The summed E-state index contributed by atoms with van der Waals surface area (Å²) in [7, 11) is 0. The van der Waals surface area contributed by atoms with E-state index in [9.17, 15) is 9.59 Å². The highest BCUT2D eigenvalue weighted by Gasteiger charge is 2.51. The molecule has 0 aliphatic heterocycles. The minimum absolute atomic E-state index is 0.122. The van der Waals surface area contributed by atoms with Gasteiger partial charge in [0.05, 0.1) is 11.5 Å². The zero-order valence-electron chi connectivity index (χ0n) is 8.41. The number of carboxylic acids is 1. The van der Waals surface area contributed by atoms with Gasteiger partial charge in [0, 0.05) is 6.04 Å². The smallest absolute Gasteiger partial charge is 0.306 e. The molecule has 0 radical (unpaired) electrons. The van der Waals surface area contributed by atoms with E-state index in [-0.39, 0.29) is 6.04 Å². The molecule has 1 aliphatic carbocycles. The highest BCUT2D eigenvalue weighted by atomic mass is 16.4. The zero-order valence-corrected chi connectivity index (χ0v) is 8.41. The van der Waals surface area contributed by atoms with Gasteiger partial charge in [0.1, 0.15) is 0 Å². The molecule has 4 N–H and O–H groups in total. The first-order valence-electron chi connectivity index (χ1n) is 4.68. The number of carbonyl (C=O) groups excluding carboxylic acids is 1. The third-order valence-electron chi connectivity index (χ3n) is 2.58. The lowest BCUT2D eigenvalue weighted by atomic mass is 9.67. The molecule has 0 spiro atoms. The number of hydrogen-bond donors (Lipinski definition) is 3. The summed E-state index contributed by atoms with van der Waals surface area (Å²) >= 11 is 0. The number of hydrogen-bond acceptors (Lipinski definition) is 3. The van der Waals surface area contributed by atoms with Crippen molar-refractivity contribution in [3.63, 3.8) is 0 Å². The maximum absolute atomic E-state index is 11.2. The van der Waals surface area contributed by atoms with Crippen molar-refractivity contribution < 1.29 is 14.7 Å². The summed E-state index contributed by atoms with van der Waals surface area (Å²) in [5.41, 5.74) is 4.45. The van der Waals surface area contributed by atoms with Gasteiger partial charge in [-0.1, -0.05) is 0 Å². The number of nitrogens with one attached hydrogen (secondary N) is 1. The first-order valence-corrected chi connectivity index (χ1v) is 4.68. The molecule has 1 rings (SSSR count). The highest BCUT2D eigenvalue weighted by molar-refractivity contribution is 5.88. The molecule has 5 heteroatoms. The Labute approximate surface area is 82.7 Å². The van der Waals surface area contributed by atoms with Gasteiger partial charge in [-0.2, -0.15) is 0 Å². The van der Waals surface area contributed by atoms with Gasteiger partial charge in [0.25, 0.3) is 0 Å². The van der Waals surface area contributed by atoms with Crippen LogP contribution in [0.2, 0.25) is 0 Å². The normalized spacial score (nSPS) is 31.2. The molecular weight excluding hydrogens is 184 g/mol. The van der Waals surface area contributed by atoms with E-state index in [0.29, 0.717) is 12.8 Å². The van der Waals surface area contributed by atoms with E-state index in [4.69, 9.17) is 10.8 Å². The van der Waals surface area contributed by atoms with E-state index in [1.807, 2.05) is 13.8 Å². The number of amides is 1. The van der Waals surface area contributed by atoms with Crippen molar-refractivity contribution in [2.75, 3.05) is 0 Å². The molecule has 14 heavy (non-hydrogen) atoms. The lowest BCUT2D eigenvalue weighted by Gasteiger charge is -2.45. The van der Waals surface area contributed by atoms with Crippen LogP contribution in [-0.4, -0.2) is 28.6 Å². The van der Waals surface area contributed by atoms with Crippen LogP contribution in [0, 0.1) is 5.92 Å². The fraction of sp³-hybridized carbons (Fsp3) is 0.778. The minimum atomic E-state index is -0.854. The summed E-state index contributed by atoms with van der Waals surface area (Å²) in [5.74, 6) is -1.75. The monoisotopic (exact) mass is 200 g/mol. The van der Waals surface area contributed by atoms with E-state index in [1.54, 1.807) is 0 Å². The second-order valence-electron chi connectivity index (χ2n) is 4.19. The largest absolute Gasteiger partial charge is 0.481 e. The molecule has 0 aromatic rings. The second-order valence-corrected chi connectivity index (χ2v) is 4.19. The predicted molar refractivity (Wildman–Crippen MR) is 50.6 cm³/mol. The lowest BCUT2D eigenvalue weighted by Crippen LogP contribution is -2.66. The maximum atomic E-state index is 11.2. The van der Waals surface area contributed by atoms with Gasteiger partial charge < -0.3 is 16.2 Å². The molecule has 1 amide bonds. The topological polar surface area (TPSA) is 92.4 Å². The summed E-state index contributed by atoms with van der Waals surface area (Å²) < 4.78 is 0. The van der Waals surface area contributed by atoms with Gasteiger partial charge in [-0.05, 0) is 26.7 Å². The Bertz CT molecular complexity index is 257. The Morgan fingerprint density at radius 3 is 2.29 bits per heavy atom. The average Bonchev–Trinajstić information content (AvgIpc) is 1.93. The molecular formula is C9H16N2O3. The van der Waals surface area contributed by atoms with Crippen LogP contribution in [0.5, 0.6) is 0 Å². The first-order chi connectivity index (χ1) is 6.37. The molecule has 0 bridgehead atoms. The first kappa shape index (κ1) is 11.0. The SMILES string of the molecule is CC(C)NC1(C(N)=O)CC(C(=O)O)C1. The van der Waals surface area contributed by atoms with Gasteiger partial charge in [-0.15, -0.1) is 0 Å². The van der Waals surface area contributed by atoms with Crippen molar-refractivity contribution in [2.24, 2.45) is 11.7 Å². The summed E-state index contributed by atoms with van der Waals surface area (Å²) in [5, 5.41) is 11.7. The van der Waals surface area contributed by atoms with E-state index < -0.39 is 23.3 Å². The van der Waals surface area contributed by atoms with Crippen LogP contribution in [0.3, 0.4) is 0 Å². The van der Waals surface area contributed by atoms with Crippen molar-refractivity contribution in [3.8, 4) is 0 Å². The fourth-order valence-electron chi connectivity index (χ4n) is 1.90. The van der Waals surface area contributed by atoms with Crippen LogP contribution in [-0.2, 0) is 9.59 Å². The number of carbonyl (C=O) groups is 2. The van der Waals surface area contributed by atoms with Crippen molar-refractivity contribution in [1.29, 1.82) is 0 Å². The summed E-state index contributed by atoms with van der Waals surface area (Å²) in [6, 6.07) is 0.122. The van der Waals surface area contributed by atoms with E-state index in [1.165, 1.54) is 0 Å². The standard InChI is InChI=1S/C9H16N2O3/c1-5(2)11-9(8(10)14)3-6(4-9)7(12)13/h5-6,11H,3-4H2,1-2H3,(H2,10,14)(H,12,13). The van der Waals surface area contributed by atoms with Gasteiger partial charge in [0.15, 0.2) is 0 Å². The number of nitrogens with two attached hydrogens (primary N) is 1. The molecule has 1 saturated carbocycles. The quantitative estimate of drug-likeness (QED) is 0.581. The number of aliphatic carboxylic acids is 1. The molecule has 0 aromatic carbocycles. The molecule has 1 fully saturated rings. The number of primary amides is 1. The average molecular weight is 200 g/mol. The van der Waals surface area contributed by atoms with Crippen LogP contribution in [0.4, 0.5) is 0 Å². The highest BCUT2D eigenvalue weighted by Crippen LogP contribution is 2.38. The van der Waals surface area contributed by atoms with E-state index >= 15 is 0 Å². The Hall–Kier alpha value is -1.10. The zero-order chi connectivity index (χ0) is 10.9. The van der Waals surface area contributed by atoms with Gasteiger partial charge in [-0.3, -0.25) is 9.59 Å². The summed E-state index contributed by atoms with van der Waals surface area (Å²) in [6.45, 7) is 3.80. The Morgan fingerprint density at radius 2 is 2.00 bits per heavy atom. The Morgan fingerprint density at radius 1 is 1.50 bits per heavy atom. The van der Waals surface area contributed by atoms with Gasteiger partial charge >= 0.3 is 5.97 Å². The van der Waals surface area contributed by atoms with Crippen LogP contribution in [0.15, 0.2) is 0 Å². The Kier molecular flexibility index (Phi) is 2.80. The van der Waals surface area contributed by atoms with Gasteiger partial charge in [0.2, 0.25) is 5.91 Å². The maximum Gasteiger partial charge on any atom is 0.306 e. The fourth-order valence-corrected chi connectivity index (χ4v) is 1.90. The van der Waals surface area contributed by atoms with E-state index in [0.717, 1.165) is 0 Å². The molecule has 0 saturated heterocycles. The van der Waals surface area contributed by atoms with E-state index in [2.05, 4.69) is 5.32 Å². The van der Waals surface area contributed by atoms with Crippen LogP contribution in [0.1, 0.15) is 26.7 Å². The molecule has 80 valence electrons. The van der Waals surface area contributed by atoms with Crippen molar-refractivity contribution in [3.05, 3.63) is 0 Å². The number of rotatable bonds is 4. The predicted octanol–water partition coefficient (Wildman–Crippen LogP) is -0.297. The van der Waals surface area contributed by atoms with Crippen molar-refractivity contribution in [1.82, 2.24) is 5.32 Å². The number of carboxylic acid groups (broad SMARTS) is 1. The molecule has 0 unspecified atom stereocenters. The van der Waals surface area contributed by atoms with Crippen LogP contribution < -0.4 is 11.1 Å². The Balaban J connectivity index is 2.62. The third kappa shape index (κ3) is 1.87. The van der Waals surface area contributed by atoms with Crippen LogP contribution >= 0.6 is 0 Å². The molecule has 0 aromatic heterocycles. The van der Waals surface area contributed by atoms with Crippen molar-refractivity contribution in [2.45, 2.75) is 38.3 Å². The lowest BCUT2D eigenvalue weighted by molar-refractivity contribution is -0.150. The molecule has 0 atom stereocenters. The molecule has 5 nitrogen and oxygen atoms in total. The second kappa shape index (κ2) is 3.57. The molecule has 0 heterocycles. The minimum Gasteiger partial charge on any atom is -0.481 e. The summed E-state index contributed by atoms with van der Waals surface area (Å²) in [6.07, 6.45) is 0.603. The third-order valence-corrected chi connectivity index (χ3v) is 2.58.